The van der Waals surface area contributed by atoms with Gasteiger partial charge in [0.05, 0.1) is 6.10 Å². The summed E-state index contributed by atoms with van der Waals surface area (Å²) >= 11 is 0. The Morgan fingerprint density at radius 2 is 1.93 bits per heavy atom. The lowest BCUT2D eigenvalue weighted by molar-refractivity contribution is -0.113. The molecule has 0 bridgehead atoms. The minimum atomic E-state index is -0.932. The van der Waals surface area contributed by atoms with E-state index < -0.39 is 12.0 Å². The van der Waals surface area contributed by atoms with E-state index in [0.717, 1.165) is 34.3 Å². The number of rotatable bonds is 7. The highest BCUT2D eigenvalue weighted by molar-refractivity contribution is 5.96. The Kier molecular flexibility index (Phi) is 7.80. The third-order valence-corrected chi connectivity index (χ3v) is 5.78. The molecule has 160 valence electrons. The molecule has 0 saturated carbocycles. The van der Waals surface area contributed by atoms with Crippen LogP contribution in [0.5, 0.6) is 0 Å². The van der Waals surface area contributed by atoms with Crippen LogP contribution in [0.25, 0.3) is 0 Å². The molecular weight excluding hydrogens is 372 g/mol. The van der Waals surface area contributed by atoms with Crippen molar-refractivity contribution in [2.45, 2.75) is 65.9 Å². The first-order valence-corrected chi connectivity index (χ1v) is 10.4. The molecule has 3 heteroatoms. The highest BCUT2D eigenvalue weighted by atomic mass is 16.3. The summed E-state index contributed by atoms with van der Waals surface area (Å²) in [7, 11) is 0. The third kappa shape index (κ3) is 5.09. The molecule has 0 spiro atoms. The van der Waals surface area contributed by atoms with Crippen LogP contribution in [0, 0.1) is 13.8 Å². The van der Waals surface area contributed by atoms with Crippen LogP contribution in [0.4, 0.5) is 0 Å². The van der Waals surface area contributed by atoms with Crippen molar-refractivity contribution in [1.29, 1.82) is 0 Å². The fourth-order valence-electron chi connectivity index (χ4n) is 4.34. The molecule has 3 nitrogen and oxygen atoms in total. The van der Waals surface area contributed by atoms with Crippen molar-refractivity contribution in [2.75, 3.05) is 0 Å². The van der Waals surface area contributed by atoms with Gasteiger partial charge in [0.15, 0.2) is 5.78 Å². The molecule has 30 heavy (non-hydrogen) atoms. The highest BCUT2D eigenvalue weighted by Gasteiger charge is 2.34. The molecule has 1 aromatic rings. The first-order chi connectivity index (χ1) is 14.1. The predicted octanol–water partition coefficient (Wildman–Crippen LogP) is 6.34. The van der Waals surface area contributed by atoms with E-state index in [1.165, 1.54) is 0 Å². The monoisotopic (exact) mass is 406 g/mol. The van der Waals surface area contributed by atoms with Gasteiger partial charge in [0.2, 0.25) is 0 Å². The summed E-state index contributed by atoms with van der Waals surface area (Å²) in [6.45, 7) is 17.1. The fraction of sp³-hybridized carbons (Fsp3) is 0.370. The van der Waals surface area contributed by atoms with Crippen molar-refractivity contribution in [2.24, 2.45) is 0 Å². The number of carbonyl (C=O) groups is 1. The number of Topliss-reactive ketones (excluding diaryl/α,β-unsaturated/α-hetero) is 1. The number of allylic oxidation sites excluding steroid dienone is 5. The largest absolute Gasteiger partial charge is 0.508 e. The maximum atomic E-state index is 12.9. The Balaban J connectivity index is 2.87. The molecule has 0 amide bonds. The second kappa shape index (κ2) is 9.90. The van der Waals surface area contributed by atoms with Crippen molar-refractivity contribution in [3.63, 3.8) is 0 Å². The zero-order valence-electron chi connectivity index (χ0n) is 18.9. The van der Waals surface area contributed by atoms with Gasteiger partial charge in [-0.15, -0.1) is 6.58 Å². The minimum Gasteiger partial charge on any atom is -0.508 e. The zero-order valence-corrected chi connectivity index (χ0v) is 18.9. The van der Waals surface area contributed by atoms with Gasteiger partial charge in [-0.3, -0.25) is 4.79 Å². The molecule has 1 aromatic carbocycles. The molecule has 0 aliphatic heterocycles. The van der Waals surface area contributed by atoms with Gasteiger partial charge in [-0.25, -0.2) is 0 Å². The molecule has 2 atom stereocenters. The number of aliphatic hydroxyl groups excluding tert-OH is 2. The van der Waals surface area contributed by atoms with Crippen LogP contribution < -0.4 is 0 Å². The van der Waals surface area contributed by atoms with Gasteiger partial charge in [-0.05, 0) is 64.2 Å². The van der Waals surface area contributed by atoms with E-state index in [4.69, 9.17) is 0 Å². The quantitative estimate of drug-likeness (QED) is 0.410. The van der Waals surface area contributed by atoms with Gasteiger partial charge in [-0.1, -0.05) is 53.6 Å². The zero-order chi connectivity index (χ0) is 22.6. The second-order valence-electron chi connectivity index (χ2n) is 8.38. The van der Waals surface area contributed by atoms with Crippen LogP contribution in [0.1, 0.15) is 62.6 Å². The van der Waals surface area contributed by atoms with Gasteiger partial charge < -0.3 is 10.2 Å². The van der Waals surface area contributed by atoms with Crippen molar-refractivity contribution in [3.8, 4) is 0 Å². The van der Waals surface area contributed by atoms with Crippen LogP contribution in [-0.2, 0) is 4.79 Å². The average Bonchev–Trinajstić information content (AvgIpc) is 2.73. The molecule has 0 aromatic heterocycles. The summed E-state index contributed by atoms with van der Waals surface area (Å²) in [5.41, 5.74) is 6.50. The number of hydrogen-bond acceptors (Lipinski definition) is 3. The van der Waals surface area contributed by atoms with E-state index in [1.807, 2.05) is 39.0 Å². The number of ketones is 1. The summed E-state index contributed by atoms with van der Waals surface area (Å²) in [6, 6.07) is 6.08. The second-order valence-corrected chi connectivity index (χ2v) is 8.38. The summed E-state index contributed by atoms with van der Waals surface area (Å²) in [5, 5.41) is 22.2. The van der Waals surface area contributed by atoms with Gasteiger partial charge in [0, 0.05) is 23.5 Å². The van der Waals surface area contributed by atoms with Crippen molar-refractivity contribution >= 4 is 5.78 Å². The standard InChI is InChI=1S/C27H34O3/c1-8-9-10-18(4)24(21(7)28)25(22-12-11-16(2)13-19(22)5)26-23(29)15-17(3)14-20(6)27(26)30/h8,11-14,23,25,29-30H,1,3,9-10,15H2,2,4-7H3/b24-18-. The lowest BCUT2D eigenvalue weighted by Gasteiger charge is -2.29. The molecular formula is C27H34O3. The first-order valence-electron chi connectivity index (χ1n) is 10.4. The van der Waals surface area contributed by atoms with Crippen molar-refractivity contribution < 1.29 is 15.0 Å². The topological polar surface area (TPSA) is 57.5 Å². The van der Waals surface area contributed by atoms with Crippen LogP contribution in [-0.4, -0.2) is 22.1 Å². The highest BCUT2D eigenvalue weighted by Crippen LogP contribution is 2.43. The Hall–Kier alpha value is -2.65. The summed E-state index contributed by atoms with van der Waals surface area (Å²) in [5.74, 6) is -0.544. The molecule has 2 unspecified atom stereocenters. The van der Waals surface area contributed by atoms with Gasteiger partial charge in [0.1, 0.15) is 5.76 Å². The molecule has 0 radical (unpaired) electrons. The Bertz CT molecular complexity index is 956. The number of aryl methyl sites for hydroxylation is 2. The lowest BCUT2D eigenvalue weighted by atomic mass is 9.75. The molecule has 2 rings (SSSR count). The Morgan fingerprint density at radius 3 is 2.50 bits per heavy atom. The SMILES string of the molecule is C=CCC/C(C)=C(/C(C)=O)C(C1=C(O)C(C)=CC(=C)CC1O)c1ccc(C)cc1C. The van der Waals surface area contributed by atoms with Crippen molar-refractivity contribution in [1.82, 2.24) is 0 Å². The van der Waals surface area contributed by atoms with Crippen LogP contribution in [0.3, 0.4) is 0 Å². The van der Waals surface area contributed by atoms with E-state index in [2.05, 4.69) is 19.2 Å². The predicted molar refractivity (Wildman–Crippen MR) is 125 cm³/mol. The third-order valence-electron chi connectivity index (χ3n) is 5.78. The summed E-state index contributed by atoms with van der Waals surface area (Å²) < 4.78 is 0. The molecule has 1 aliphatic rings. The molecule has 0 saturated heterocycles. The van der Waals surface area contributed by atoms with Crippen LogP contribution >= 0.6 is 0 Å². The van der Waals surface area contributed by atoms with E-state index in [-0.39, 0.29) is 11.5 Å². The smallest absolute Gasteiger partial charge is 0.156 e. The van der Waals surface area contributed by atoms with Gasteiger partial charge in [0.25, 0.3) is 0 Å². The first kappa shape index (κ1) is 23.6. The van der Waals surface area contributed by atoms with E-state index in [0.29, 0.717) is 29.6 Å². The van der Waals surface area contributed by atoms with Gasteiger partial charge in [-0.2, -0.15) is 0 Å². The van der Waals surface area contributed by atoms with Crippen LogP contribution in [0.15, 0.2) is 77.1 Å². The number of benzene rings is 1. The lowest BCUT2D eigenvalue weighted by Crippen LogP contribution is -2.24. The van der Waals surface area contributed by atoms with Gasteiger partial charge >= 0.3 is 0 Å². The molecule has 2 N–H and O–H groups in total. The summed E-state index contributed by atoms with van der Waals surface area (Å²) in [4.78, 5) is 12.9. The van der Waals surface area contributed by atoms with E-state index in [1.54, 1.807) is 19.9 Å². The van der Waals surface area contributed by atoms with Crippen LogP contribution in [0.2, 0.25) is 0 Å². The normalized spacial score (nSPS) is 19.1. The maximum Gasteiger partial charge on any atom is 0.156 e. The van der Waals surface area contributed by atoms with E-state index in [9.17, 15) is 15.0 Å². The fourth-order valence-corrected chi connectivity index (χ4v) is 4.34. The number of carbonyl (C=O) groups excluding carboxylic acids is 1. The maximum absolute atomic E-state index is 12.9. The minimum absolute atomic E-state index is 0.0430. The molecule has 0 fully saturated rings. The Morgan fingerprint density at radius 1 is 1.27 bits per heavy atom. The number of hydrogen-bond donors (Lipinski definition) is 2. The average molecular weight is 407 g/mol. The van der Waals surface area contributed by atoms with Crippen molar-refractivity contribution in [3.05, 3.63) is 93.8 Å². The van der Waals surface area contributed by atoms with E-state index >= 15 is 0 Å². The number of aliphatic hydroxyl groups is 2. The molecule has 1 aliphatic carbocycles. The molecule has 0 heterocycles. The Labute approximate surface area is 180 Å². The summed E-state index contributed by atoms with van der Waals surface area (Å²) in [6.07, 6.45) is 4.47.